The fourth-order valence-corrected chi connectivity index (χ4v) is 3.01. The highest BCUT2D eigenvalue weighted by molar-refractivity contribution is 5.80. The number of aliphatic imine (C=N–C) groups is 1. The molecular weight excluding hydrogens is 318 g/mol. The van der Waals surface area contributed by atoms with Crippen LogP contribution < -0.4 is 5.32 Å². The SMILES string of the molecule is CCNC(=NCC(c1cnn(C)c1)N(C)C)N1CCN(C(C)=O)CC1. The lowest BCUT2D eigenvalue weighted by molar-refractivity contribution is -0.130. The number of nitrogens with one attached hydrogen (secondary N) is 1. The molecule has 140 valence electrons. The maximum Gasteiger partial charge on any atom is 0.219 e. The van der Waals surface area contributed by atoms with E-state index in [9.17, 15) is 4.79 Å². The zero-order valence-corrected chi connectivity index (χ0v) is 16.1. The van der Waals surface area contributed by atoms with E-state index >= 15 is 0 Å². The highest BCUT2D eigenvalue weighted by Crippen LogP contribution is 2.18. The van der Waals surface area contributed by atoms with Gasteiger partial charge in [0.1, 0.15) is 0 Å². The van der Waals surface area contributed by atoms with E-state index in [2.05, 4.69) is 41.2 Å². The molecule has 1 unspecified atom stereocenters. The van der Waals surface area contributed by atoms with Gasteiger partial charge in [-0.15, -0.1) is 0 Å². The van der Waals surface area contributed by atoms with E-state index in [1.807, 2.05) is 29.0 Å². The molecule has 0 saturated carbocycles. The van der Waals surface area contributed by atoms with Crippen molar-refractivity contribution in [3.63, 3.8) is 0 Å². The van der Waals surface area contributed by atoms with Crippen LogP contribution in [0.15, 0.2) is 17.4 Å². The first-order valence-electron chi connectivity index (χ1n) is 8.86. The molecule has 8 nitrogen and oxygen atoms in total. The topological polar surface area (TPSA) is 69.0 Å². The molecule has 8 heteroatoms. The van der Waals surface area contributed by atoms with Gasteiger partial charge in [-0.3, -0.25) is 14.5 Å². The van der Waals surface area contributed by atoms with E-state index in [-0.39, 0.29) is 11.9 Å². The molecule has 25 heavy (non-hydrogen) atoms. The Hall–Kier alpha value is -2.09. The van der Waals surface area contributed by atoms with Crippen molar-refractivity contribution in [1.82, 2.24) is 29.8 Å². The molecule has 0 bridgehead atoms. The van der Waals surface area contributed by atoms with Crippen molar-refractivity contribution >= 4 is 11.9 Å². The number of guanidine groups is 1. The number of nitrogens with zero attached hydrogens (tertiary/aromatic N) is 6. The summed E-state index contributed by atoms with van der Waals surface area (Å²) in [6.07, 6.45) is 3.94. The average Bonchev–Trinajstić information content (AvgIpc) is 3.00. The molecule has 1 aromatic rings. The van der Waals surface area contributed by atoms with E-state index < -0.39 is 0 Å². The number of rotatable bonds is 5. The lowest BCUT2D eigenvalue weighted by Crippen LogP contribution is -2.53. The van der Waals surface area contributed by atoms with Crippen LogP contribution in [0.2, 0.25) is 0 Å². The predicted octanol–water partition coefficient (Wildman–Crippen LogP) is 0.152. The first kappa shape index (κ1) is 19.2. The maximum atomic E-state index is 11.5. The minimum absolute atomic E-state index is 0.144. The van der Waals surface area contributed by atoms with Gasteiger partial charge in [0.25, 0.3) is 0 Å². The quantitative estimate of drug-likeness (QED) is 0.605. The van der Waals surface area contributed by atoms with Crippen LogP contribution in [0.1, 0.15) is 25.5 Å². The molecule has 0 aliphatic carbocycles. The molecule has 1 amide bonds. The number of aromatic nitrogens is 2. The zero-order chi connectivity index (χ0) is 18.4. The van der Waals surface area contributed by atoms with Crippen LogP contribution in [0, 0.1) is 0 Å². The summed E-state index contributed by atoms with van der Waals surface area (Å²) in [4.78, 5) is 22.6. The van der Waals surface area contributed by atoms with E-state index in [1.165, 1.54) is 0 Å². The van der Waals surface area contributed by atoms with Gasteiger partial charge >= 0.3 is 0 Å². The second-order valence-corrected chi connectivity index (χ2v) is 6.61. The minimum atomic E-state index is 0.144. The lowest BCUT2D eigenvalue weighted by atomic mass is 10.1. The highest BCUT2D eigenvalue weighted by Gasteiger charge is 2.22. The lowest BCUT2D eigenvalue weighted by Gasteiger charge is -2.36. The molecule has 1 atom stereocenters. The Morgan fingerprint density at radius 3 is 2.44 bits per heavy atom. The molecule has 1 N–H and O–H groups in total. The summed E-state index contributed by atoms with van der Waals surface area (Å²) in [6, 6.07) is 0.181. The van der Waals surface area contributed by atoms with Crippen molar-refractivity contribution in [2.24, 2.45) is 12.0 Å². The Morgan fingerprint density at radius 2 is 1.96 bits per heavy atom. The molecule has 0 radical (unpaired) electrons. The number of hydrogen-bond acceptors (Lipinski definition) is 4. The summed E-state index contributed by atoms with van der Waals surface area (Å²) >= 11 is 0. The molecule has 2 rings (SSSR count). The van der Waals surface area contributed by atoms with E-state index in [0.717, 1.165) is 44.2 Å². The van der Waals surface area contributed by atoms with Gasteiger partial charge in [-0.05, 0) is 21.0 Å². The van der Waals surface area contributed by atoms with Crippen LogP contribution in [-0.4, -0.2) is 89.7 Å². The van der Waals surface area contributed by atoms with Crippen LogP contribution in [0.5, 0.6) is 0 Å². The third kappa shape index (κ3) is 5.19. The van der Waals surface area contributed by atoms with Gasteiger partial charge in [0.2, 0.25) is 5.91 Å². The van der Waals surface area contributed by atoms with Crippen molar-refractivity contribution in [3.05, 3.63) is 18.0 Å². The number of carbonyl (C=O) groups excluding carboxylic acids is 1. The van der Waals surface area contributed by atoms with Gasteiger partial charge in [-0.1, -0.05) is 0 Å². The monoisotopic (exact) mass is 349 g/mol. The van der Waals surface area contributed by atoms with Crippen molar-refractivity contribution in [2.75, 3.05) is 53.4 Å². The summed E-state index contributed by atoms with van der Waals surface area (Å²) in [5.41, 5.74) is 1.16. The van der Waals surface area contributed by atoms with Gasteiger partial charge < -0.3 is 20.0 Å². The Bertz CT molecular complexity index is 588. The molecular formula is C17H31N7O. The summed E-state index contributed by atoms with van der Waals surface area (Å²) < 4.78 is 1.82. The number of hydrogen-bond donors (Lipinski definition) is 1. The largest absolute Gasteiger partial charge is 0.357 e. The Labute approximate surface area is 150 Å². The molecule has 1 saturated heterocycles. The number of piperazine rings is 1. The fraction of sp³-hybridized carbons (Fsp3) is 0.706. The third-order valence-electron chi connectivity index (χ3n) is 4.51. The van der Waals surface area contributed by atoms with E-state index in [1.54, 1.807) is 6.92 Å². The first-order chi connectivity index (χ1) is 11.9. The van der Waals surface area contributed by atoms with Gasteiger partial charge in [0.05, 0.1) is 18.8 Å². The first-order valence-corrected chi connectivity index (χ1v) is 8.86. The standard InChI is InChI=1S/C17H31N7O/c1-6-18-17(24-9-7-23(8-10-24)14(2)25)19-12-16(21(3)4)15-11-20-22(5)13-15/h11,13,16H,6-10,12H2,1-5H3,(H,18,19). The maximum absolute atomic E-state index is 11.5. The van der Waals surface area contributed by atoms with Crippen molar-refractivity contribution < 1.29 is 4.79 Å². The molecule has 1 fully saturated rings. The van der Waals surface area contributed by atoms with Crippen LogP contribution in [0.25, 0.3) is 0 Å². The van der Waals surface area contributed by atoms with Crippen molar-refractivity contribution in [3.8, 4) is 0 Å². The highest BCUT2D eigenvalue weighted by atomic mass is 16.2. The number of carbonyl (C=O) groups is 1. The number of aryl methyl sites for hydroxylation is 1. The minimum Gasteiger partial charge on any atom is -0.357 e. The predicted molar refractivity (Wildman–Crippen MR) is 99.4 cm³/mol. The van der Waals surface area contributed by atoms with E-state index in [4.69, 9.17) is 4.99 Å². The van der Waals surface area contributed by atoms with Crippen molar-refractivity contribution in [2.45, 2.75) is 19.9 Å². The second-order valence-electron chi connectivity index (χ2n) is 6.61. The van der Waals surface area contributed by atoms with Crippen LogP contribution in [0.3, 0.4) is 0 Å². The van der Waals surface area contributed by atoms with Gasteiger partial charge in [-0.2, -0.15) is 5.10 Å². The van der Waals surface area contributed by atoms with Gasteiger partial charge in [0, 0.05) is 58.5 Å². The molecule has 2 heterocycles. The molecule has 0 aromatic carbocycles. The third-order valence-corrected chi connectivity index (χ3v) is 4.51. The summed E-state index contributed by atoms with van der Waals surface area (Å²) in [5.74, 6) is 1.06. The van der Waals surface area contributed by atoms with E-state index in [0.29, 0.717) is 6.54 Å². The zero-order valence-electron chi connectivity index (χ0n) is 16.1. The van der Waals surface area contributed by atoms with Crippen LogP contribution in [0.4, 0.5) is 0 Å². The van der Waals surface area contributed by atoms with Gasteiger partial charge in [0.15, 0.2) is 5.96 Å². The smallest absolute Gasteiger partial charge is 0.219 e. The number of likely N-dealkylation sites (N-methyl/N-ethyl adjacent to an activating group) is 1. The summed E-state index contributed by atoms with van der Waals surface area (Å²) in [5, 5.41) is 7.66. The Kier molecular flexibility index (Phi) is 6.81. The molecule has 1 aliphatic heterocycles. The average molecular weight is 349 g/mol. The van der Waals surface area contributed by atoms with Crippen LogP contribution >= 0.6 is 0 Å². The number of amides is 1. The molecule has 0 spiro atoms. The normalized spacial score (nSPS) is 17.1. The molecule has 1 aromatic heterocycles. The Balaban J connectivity index is 2.06. The Morgan fingerprint density at radius 1 is 1.32 bits per heavy atom. The van der Waals surface area contributed by atoms with Crippen LogP contribution in [-0.2, 0) is 11.8 Å². The molecule has 1 aliphatic rings. The van der Waals surface area contributed by atoms with Crippen molar-refractivity contribution in [1.29, 1.82) is 0 Å². The fourth-order valence-electron chi connectivity index (χ4n) is 3.01. The summed E-state index contributed by atoms with van der Waals surface area (Å²) in [6.45, 7) is 8.31. The second kappa shape index (κ2) is 8.84. The summed E-state index contributed by atoms with van der Waals surface area (Å²) in [7, 11) is 6.05. The van der Waals surface area contributed by atoms with Gasteiger partial charge in [-0.25, -0.2) is 0 Å².